The summed E-state index contributed by atoms with van der Waals surface area (Å²) in [4.78, 5) is 0. The largest absolute Gasteiger partial charge is 0.430 e. The molecule has 32 heteroatoms. The third-order valence-corrected chi connectivity index (χ3v) is 40.5. The summed E-state index contributed by atoms with van der Waals surface area (Å²) in [5, 5.41) is 0. The zero-order valence-corrected chi connectivity index (χ0v) is 51.4. The molecule has 26 nitrogen and oxygen atoms in total. The van der Waals surface area contributed by atoms with Gasteiger partial charge in [0.2, 0.25) is 30.0 Å². The second-order valence-electron chi connectivity index (χ2n) is 21.4. The molecule has 12 aliphatic heterocycles. The van der Waals surface area contributed by atoms with Crippen LogP contribution < -0.4 is 9.05 Å². The first kappa shape index (κ1) is 56.5. The highest BCUT2D eigenvalue weighted by molar-refractivity contribution is 7.83. The Kier molecular flexibility index (Phi) is 17.3. The van der Waals surface area contributed by atoms with Gasteiger partial charge in [0.15, 0.2) is 0 Å². The molecule has 2 aromatic carbocycles. The van der Waals surface area contributed by atoms with Gasteiger partial charge in [-0.25, -0.2) is 46.7 Å². The Labute approximate surface area is 471 Å². The molecule has 0 bridgehead atoms. The fourth-order valence-electron chi connectivity index (χ4n) is 12.6. The molecule has 2 aromatic rings. The van der Waals surface area contributed by atoms with Crippen molar-refractivity contribution in [3.05, 3.63) is 59.7 Å². The van der Waals surface area contributed by atoms with Gasteiger partial charge in [0.05, 0.1) is 106 Å². The second kappa shape index (κ2) is 24.5. The minimum atomic E-state index is -3.41. The van der Waals surface area contributed by atoms with E-state index in [9.17, 15) is 0 Å². The van der Waals surface area contributed by atoms with Gasteiger partial charge in [-0.1, -0.05) is 36.4 Å². The molecule has 12 heterocycles. The monoisotopic (exact) mass is 1230 g/mol. The Hall–Kier alpha value is -1.30. The minimum absolute atomic E-state index is 0.546. The van der Waals surface area contributed by atoms with Gasteiger partial charge in [0, 0.05) is 142 Å². The lowest BCUT2D eigenvalue weighted by molar-refractivity contribution is 0.0545. The number of rotatable bonds is 11. The Morgan fingerprint density at radius 3 is 0.762 bits per heavy atom. The van der Waals surface area contributed by atoms with Gasteiger partial charge in [-0.3, -0.25) is 0 Å². The number of nitrogens with zero attached hydrogens (tertiary/aromatic N) is 16. The predicted molar refractivity (Wildman–Crippen MR) is 310 cm³/mol. The van der Waals surface area contributed by atoms with E-state index in [-0.39, 0.29) is 0 Å². The molecule has 12 aliphatic rings. The minimum Gasteiger partial charge on any atom is -0.430 e. The maximum atomic E-state index is 7.87. The van der Waals surface area contributed by atoms with Gasteiger partial charge in [-0.2, -0.15) is 27.1 Å². The van der Waals surface area contributed by atoms with Gasteiger partial charge in [-0.15, -0.1) is 0 Å². The molecular weight excluding hydrogens is 1150 g/mol. The van der Waals surface area contributed by atoms with Crippen molar-refractivity contribution in [3.8, 4) is 11.5 Å². The van der Waals surface area contributed by atoms with Crippen molar-refractivity contribution in [2.75, 3.05) is 224 Å². The average Bonchev–Trinajstić information content (AvgIpc) is 3.72. The lowest BCUT2D eigenvalue weighted by atomic mass is 10.2. The first-order chi connectivity index (χ1) is 39.4. The smallest absolute Gasteiger partial charge is 0.334 e. The van der Waals surface area contributed by atoms with Crippen LogP contribution in [0, 0.1) is 0 Å². The van der Waals surface area contributed by atoms with E-state index in [4.69, 9.17) is 74.0 Å². The molecule has 2 unspecified atom stereocenters. The van der Waals surface area contributed by atoms with E-state index in [0.29, 0.717) is 237 Å². The van der Waals surface area contributed by atoms with Crippen LogP contribution in [0.3, 0.4) is 0 Å². The Bertz CT molecular complexity index is 2540. The standard InChI is InChI=1S/C48H80N16O10P6/c1-3-7-47-45(5-1)43-63(79(73-47)51-75(55-11-27-65-28-12-55,56-13-29-66-30-14-56)49-76(52-79,57-15-31-67-32-16-57)58-17-33-68-34-18-58)9-10-64-44-46-6-2-4-8-48(46)74-80(64)53-77(59-19-35-69-36-20-59,60-21-37-70-38-22-60)50-78(54-80,61-23-39-71-40-24-61)62-25-41-72-42-26-62/h1-8H,9-44H2. The first-order valence-electron chi connectivity index (χ1n) is 29.0. The van der Waals surface area contributed by atoms with E-state index in [0.717, 1.165) is 22.6 Å². The molecular formula is C48H80N16O10P6. The van der Waals surface area contributed by atoms with Gasteiger partial charge in [-0.05, 0) is 12.1 Å². The van der Waals surface area contributed by atoms with Crippen molar-refractivity contribution in [1.82, 2.24) is 46.7 Å². The summed E-state index contributed by atoms with van der Waals surface area (Å²) in [6.45, 7) is 23.3. The fraction of sp³-hybridized carbons (Fsp3) is 0.750. The molecule has 0 N–H and O–H groups in total. The molecule has 0 amide bonds. The molecule has 14 rings (SSSR count). The van der Waals surface area contributed by atoms with Crippen LogP contribution >= 0.6 is 45.2 Å². The summed E-state index contributed by atoms with van der Waals surface area (Å²) in [5.41, 5.74) is 2.22. The summed E-state index contributed by atoms with van der Waals surface area (Å²) >= 11 is 0. The number of hydrogen-bond acceptors (Lipinski definition) is 26. The quantitative estimate of drug-likeness (QED) is 0.206. The van der Waals surface area contributed by atoms with Crippen LogP contribution in [0.1, 0.15) is 11.1 Å². The zero-order valence-electron chi connectivity index (χ0n) is 46.0. The van der Waals surface area contributed by atoms with Crippen molar-refractivity contribution < 1.29 is 46.9 Å². The van der Waals surface area contributed by atoms with E-state index in [1.54, 1.807) is 0 Å². The summed E-state index contributed by atoms with van der Waals surface area (Å²) in [6, 6.07) is 17.1. The molecule has 0 saturated carbocycles. The average molecular weight is 1230 g/mol. The number of hydrogen-bond donors (Lipinski definition) is 0. The van der Waals surface area contributed by atoms with Crippen LogP contribution in [0.15, 0.2) is 75.6 Å². The van der Waals surface area contributed by atoms with Gasteiger partial charge >= 0.3 is 15.2 Å². The predicted octanol–water partition coefficient (Wildman–Crippen LogP) is 7.14. The first-order valence-corrected chi connectivity index (χ1v) is 38.5. The van der Waals surface area contributed by atoms with Gasteiger partial charge in [0.1, 0.15) is 11.5 Å². The molecule has 0 radical (unpaired) electrons. The summed E-state index contributed by atoms with van der Waals surface area (Å²) in [6.07, 6.45) is 0. The highest BCUT2D eigenvalue weighted by Gasteiger charge is 2.56. The lowest BCUT2D eigenvalue weighted by Crippen LogP contribution is -2.46. The Balaban J connectivity index is 0.990. The van der Waals surface area contributed by atoms with E-state index in [1.165, 1.54) is 0 Å². The van der Waals surface area contributed by atoms with Crippen LogP contribution in [-0.2, 0) is 51.0 Å². The highest BCUT2D eigenvalue weighted by atomic mass is 31.3. The summed E-state index contributed by atoms with van der Waals surface area (Å²) in [7, 11) is -18.9. The molecule has 8 saturated heterocycles. The van der Waals surface area contributed by atoms with Crippen LogP contribution in [0.2, 0.25) is 0 Å². The fourth-order valence-corrected chi connectivity index (χ4v) is 42.1. The van der Waals surface area contributed by atoms with E-state index in [1.807, 2.05) is 0 Å². The number of benzene rings is 2. The van der Waals surface area contributed by atoms with Crippen molar-refractivity contribution in [1.29, 1.82) is 0 Å². The van der Waals surface area contributed by atoms with Gasteiger partial charge in [0.25, 0.3) is 0 Å². The van der Waals surface area contributed by atoms with Crippen LogP contribution in [0.25, 0.3) is 0 Å². The molecule has 8 fully saturated rings. The summed E-state index contributed by atoms with van der Waals surface area (Å²) in [5.74, 6) is 1.68. The maximum absolute atomic E-state index is 7.87. The molecule has 80 heavy (non-hydrogen) atoms. The molecule has 0 aromatic heterocycles. The summed E-state index contributed by atoms with van der Waals surface area (Å²) < 4.78 is 129. The Morgan fingerprint density at radius 2 is 0.512 bits per heavy atom. The number of morpholine rings is 8. The van der Waals surface area contributed by atoms with Gasteiger partial charge < -0.3 is 46.9 Å². The third kappa shape index (κ3) is 10.6. The van der Waals surface area contributed by atoms with Crippen molar-refractivity contribution in [3.63, 3.8) is 0 Å². The SMILES string of the molecule is c1ccc2c(c1)CN(CCN1Cc3ccccc3OP13=NP(N1CCOCC1)(N1CCOCC1)=NP(N1CCOCC1)(N1CCOCC1)=N3)P1(=NP(N3CCOCC3)(N3CCOCC3)=NP(N3CCOCC3)(N3CCOCC3)=N1)O2. The molecule has 2 spiro atoms. The maximum Gasteiger partial charge on any atom is 0.334 e. The zero-order chi connectivity index (χ0) is 53.5. The van der Waals surface area contributed by atoms with Crippen molar-refractivity contribution >= 4 is 45.2 Å². The third-order valence-electron chi connectivity index (χ3n) is 16.8. The highest BCUT2D eigenvalue weighted by Crippen LogP contribution is 2.85. The molecule has 442 valence electrons. The molecule has 0 aliphatic carbocycles. The number of fused-ring (bicyclic) bond motifs is 2. The van der Waals surface area contributed by atoms with Crippen LogP contribution in [-0.4, -0.2) is 270 Å². The molecule has 2 atom stereocenters. The van der Waals surface area contributed by atoms with Crippen LogP contribution in [0.5, 0.6) is 11.5 Å². The van der Waals surface area contributed by atoms with E-state index >= 15 is 0 Å². The van der Waals surface area contributed by atoms with Crippen LogP contribution in [0.4, 0.5) is 0 Å². The second-order valence-corrected chi connectivity index (χ2v) is 38.1. The number of ether oxygens (including phenoxy) is 8. The van der Waals surface area contributed by atoms with E-state index in [2.05, 4.69) is 95.2 Å². The lowest BCUT2D eigenvalue weighted by Gasteiger charge is -2.53. The number of para-hydroxylation sites is 2. The van der Waals surface area contributed by atoms with Crippen molar-refractivity contribution in [2.24, 2.45) is 27.1 Å². The van der Waals surface area contributed by atoms with E-state index < -0.39 is 45.2 Å². The Morgan fingerprint density at radius 1 is 0.287 bits per heavy atom. The topological polar surface area (TPSA) is 199 Å². The normalized spacial score (nSPS) is 32.5. The van der Waals surface area contributed by atoms with Crippen molar-refractivity contribution in [2.45, 2.75) is 13.1 Å².